The average Bonchev–Trinajstić information content (AvgIpc) is 2.20. The van der Waals surface area contributed by atoms with Crippen molar-refractivity contribution in [3.63, 3.8) is 0 Å². The molecule has 0 atom stereocenters. The molecule has 0 spiro atoms. The van der Waals surface area contributed by atoms with Crippen LogP contribution in [0.2, 0.25) is 5.02 Å². The van der Waals surface area contributed by atoms with Crippen molar-refractivity contribution in [3.8, 4) is 0 Å². The first-order valence-electron chi connectivity index (χ1n) is 4.03. The molecule has 0 fully saturated rings. The van der Waals surface area contributed by atoms with Gasteiger partial charge in [-0.05, 0) is 30.9 Å². The van der Waals surface area contributed by atoms with E-state index in [4.69, 9.17) is 11.6 Å². The third-order valence-electron chi connectivity index (χ3n) is 1.95. The molecule has 0 aliphatic rings. The number of rotatable bonds is 2. The fraction of sp³-hybridized carbons (Fsp3) is 0.300. The topological polar surface area (TPSA) is 26.3 Å². The zero-order valence-electron chi connectivity index (χ0n) is 8.26. The van der Waals surface area contributed by atoms with Crippen LogP contribution in [0.25, 0.3) is 0 Å². The highest BCUT2D eigenvalue weighted by Gasteiger charge is 2.14. The maximum absolute atomic E-state index is 11.4. The number of esters is 1. The molecule has 76 valence electrons. The second-order valence-electron chi connectivity index (χ2n) is 2.74. The summed E-state index contributed by atoms with van der Waals surface area (Å²) in [5.41, 5.74) is 1.49. The molecule has 0 radical (unpaired) electrons. The number of halogens is 1. The third kappa shape index (κ3) is 2.04. The summed E-state index contributed by atoms with van der Waals surface area (Å²) in [6.45, 7) is 1.89. The lowest BCUT2D eigenvalue weighted by atomic mass is 10.1. The van der Waals surface area contributed by atoms with Gasteiger partial charge in [0, 0.05) is 9.92 Å². The molecule has 1 aromatic rings. The van der Waals surface area contributed by atoms with Crippen LogP contribution in [0.15, 0.2) is 17.0 Å². The molecule has 0 aromatic heterocycles. The number of methoxy groups -OCH3 is 1. The van der Waals surface area contributed by atoms with E-state index in [9.17, 15) is 4.79 Å². The fourth-order valence-electron chi connectivity index (χ4n) is 1.20. The Morgan fingerprint density at radius 2 is 2.14 bits per heavy atom. The molecular formula is C10H11ClO2S. The molecule has 0 aliphatic heterocycles. The predicted octanol–water partition coefficient (Wildman–Crippen LogP) is 3.16. The highest BCUT2D eigenvalue weighted by molar-refractivity contribution is 7.98. The average molecular weight is 231 g/mol. The maximum Gasteiger partial charge on any atom is 0.339 e. The lowest BCUT2D eigenvalue weighted by molar-refractivity contribution is 0.0596. The van der Waals surface area contributed by atoms with E-state index in [2.05, 4.69) is 4.74 Å². The smallest absolute Gasteiger partial charge is 0.339 e. The van der Waals surface area contributed by atoms with E-state index in [0.717, 1.165) is 10.5 Å². The van der Waals surface area contributed by atoms with Crippen LogP contribution >= 0.6 is 23.4 Å². The first-order valence-corrected chi connectivity index (χ1v) is 5.63. The maximum atomic E-state index is 11.4. The number of hydrogen-bond donors (Lipinski definition) is 0. The normalized spacial score (nSPS) is 10.0. The predicted molar refractivity (Wildman–Crippen MR) is 59.3 cm³/mol. The van der Waals surface area contributed by atoms with Crippen LogP contribution in [-0.4, -0.2) is 19.3 Å². The van der Waals surface area contributed by atoms with Gasteiger partial charge in [0.2, 0.25) is 0 Å². The van der Waals surface area contributed by atoms with Crippen LogP contribution < -0.4 is 0 Å². The van der Waals surface area contributed by atoms with E-state index < -0.39 is 0 Å². The largest absolute Gasteiger partial charge is 0.465 e. The van der Waals surface area contributed by atoms with Gasteiger partial charge in [0.15, 0.2) is 0 Å². The standard InChI is InChI=1S/C10H11ClO2S/c1-6-8(11)5-4-7(9(6)14-3)10(12)13-2/h4-5H,1-3H3. The SMILES string of the molecule is COC(=O)c1ccc(Cl)c(C)c1SC. The van der Waals surface area contributed by atoms with Gasteiger partial charge in [0.25, 0.3) is 0 Å². The van der Waals surface area contributed by atoms with Crippen LogP contribution in [0, 0.1) is 6.92 Å². The van der Waals surface area contributed by atoms with Gasteiger partial charge in [0.1, 0.15) is 0 Å². The molecule has 0 heterocycles. The van der Waals surface area contributed by atoms with E-state index in [1.807, 2.05) is 13.2 Å². The number of thioether (sulfide) groups is 1. The minimum absolute atomic E-state index is 0.325. The Morgan fingerprint density at radius 1 is 1.50 bits per heavy atom. The summed E-state index contributed by atoms with van der Waals surface area (Å²) in [4.78, 5) is 12.3. The van der Waals surface area contributed by atoms with Gasteiger partial charge in [-0.1, -0.05) is 11.6 Å². The van der Waals surface area contributed by atoms with E-state index in [0.29, 0.717) is 10.6 Å². The van der Waals surface area contributed by atoms with Gasteiger partial charge >= 0.3 is 5.97 Å². The van der Waals surface area contributed by atoms with E-state index >= 15 is 0 Å². The number of carbonyl (C=O) groups is 1. The Balaban J connectivity index is 3.31. The van der Waals surface area contributed by atoms with Crippen molar-refractivity contribution >= 4 is 29.3 Å². The summed E-state index contributed by atoms with van der Waals surface area (Å²) in [5.74, 6) is -0.325. The minimum atomic E-state index is -0.325. The van der Waals surface area contributed by atoms with Crippen LogP contribution in [0.5, 0.6) is 0 Å². The van der Waals surface area contributed by atoms with Gasteiger partial charge < -0.3 is 4.74 Å². The molecule has 0 amide bonds. The number of hydrogen-bond acceptors (Lipinski definition) is 3. The number of carbonyl (C=O) groups excluding carboxylic acids is 1. The molecule has 0 N–H and O–H groups in total. The summed E-state index contributed by atoms with van der Waals surface area (Å²) in [6.07, 6.45) is 1.91. The highest BCUT2D eigenvalue weighted by atomic mass is 35.5. The minimum Gasteiger partial charge on any atom is -0.465 e. The van der Waals surface area contributed by atoms with Crippen molar-refractivity contribution in [1.29, 1.82) is 0 Å². The third-order valence-corrected chi connectivity index (χ3v) is 3.29. The van der Waals surface area contributed by atoms with Crippen molar-refractivity contribution in [2.45, 2.75) is 11.8 Å². The second-order valence-corrected chi connectivity index (χ2v) is 3.97. The monoisotopic (exact) mass is 230 g/mol. The number of ether oxygens (including phenoxy) is 1. The fourth-order valence-corrected chi connectivity index (χ4v) is 2.20. The molecule has 0 unspecified atom stereocenters. The molecular weight excluding hydrogens is 220 g/mol. The summed E-state index contributed by atoms with van der Waals surface area (Å²) < 4.78 is 4.68. The first-order chi connectivity index (χ1) is 6.61. The second kappa shape index (κ2) is 4.71. The Bertz CT molecular complexity index is 363. The van der Waals surface area contributed by atoms with Crippen molar-refractivity contribution in [2.24, 2.45) is 0 Å². The van der Waals surface area contributed by atoms with E-state index in [-0.39, 0.29) is 5.97 Å². The summed E-state index contributed by atoms with van der Waals surface area (Å²) in [5, 5.41) is 0.669. The Labute approximate surface area is 92.6 Å². The highest BCUT2D eigenvalue weighted by Crippen LogP contribution is 2.30. The Hall–Kier alpha value is -0.670. The lowest BCUT2D eigenvalue weighted by Crippen LogP contribution is -2.04. The van der Waals surface area contributed by atoms with Crippen molar-refractivity contribution in [3.05, 3.63) is 28.3 Å². The van der Waals surface area contributed by atoms with Gasteiger partial charge in [-0.15, -0.1) is 11.8 Å². The van der Waals surface area contributed by atoms with Gasteiger partial charge in [-0.2, -0.15) is 0 Å². The summed E-state index contributed by atoms with van der Waals surface area (Å²) in [6, 6.07) is 3.40. The molecule has 0 saturated carbocycles. The molecule has 14 heavy (non-hydrogen) atoms. The zero-order valence-corrected chi connectivity index (χ0v) is 9.83. The molecule has 0 bridgehead atoms. The van der Waals surface area contributed by atoms with Gasteiger partial charge in [0.05, 0.1) is 12.7 Å². The Morgan fingerprint density at radius 3 is 2.64 bits per heavy atom. The molecule has 2 nitrogen and oxygen atoms in total. The quantitative estimate of drug-likeness (QED) is 0.577. The van der Waals surface area contributed by atoms with E-state index in [1.54, 1.807) is 12.1 Å². The van der Waals surface area contributed by atoms with Crippen molar-refractivity contribution in [1.82, 2.24) is 0 Å². The lowest BCUT2D eigenvalue weighted by Gasteiger charge is -2.09. The van der Waals surface area contributed by atoms with Crippen LogP contribution in [0.3, 0.4) is 0 Å². The van der Waals surface area contributed by atoms with Crippen molar-refractivity contribution in [2.75, 3.05) is 13.4 Å². The summed E-state index contributed by atoms with van der Waals surface area (Å²) in [7, 11) is 1.37. The summed E-state index contributed by atoms with van der Waals surface area (Å²) >= 11 is 7.44. The van der Waals surface area contributed by atoms with Gasteiger partial charge in [-0.25, -0.2) is 4.79 Å². The van der Waals surface area contributed by atoms with Crippen LogP contribution in [0.4, 0.5) is 0 Å². The van der Waals surface area contributed by atoms with Crippen LogP contribution in [0.1, 0.15) is 15.9 Å². The van der Waals surface area contributed by atoms with Crippen molar-refractivity contribution < 1.29 is 9.53 Å². The zero-order chi connectivity index (χ0) is 10.7. The molecule has 4 heteroatoms. The first kappa shape index (κ1) is 11.4. The molecule has 1 aromatic carbocycles. The number of benzene rings is 1. The molecule has 0 aliphatic carbocycles. The van der Waals surface area contributed by atoms with Crippen LogP contribution in [-0.2, 0) is 4.74 Å². The Kier molecular flexibility index (Phi) is 3.84. The van der Waals surface area contributed by atoms with Gasteiger partial charge in [-0.3, -0.25) is 0 Å². The van der Waals surface area contributed by atoms with E-state index in [1.165, 1.54) is 18.9 Å². The molecule has 1 rings (SSSR count). The molecule has 0 saturated heterocycles.